The molecule has 0 aliphatic carbocycles. The number of hydrogen-bond donors (Lipinski definition) is 3. The van der Waals surface area contributed by atoms with Crippen molar-refractivity contribution >= 4 is 12.0 Å². The maximum Gasteiger partial charge on any atom is 0.323 e. The molecule has 0 unspecified atom stereocenters. The molecular formula is C9H14N4O3. The molecule has 0 saturated carbocycles. The number of nitrogens with one attached hydrogen (secondary N) is 2. The summed E-state index contributed by atoms with van der Waals surface area (Å²) in [7, 11) is 1.87. The van der Waals surface area contributed by atoms with Crippen LogP contribution in [-0.4, -0.2) is 39.7 Å². The van der Waals surface area contributed by atoms with Gasteiger partial charge in [0.2, 0.25) is 0 Å². The monoisotopic (exact) mass is 226 g/mol. The number of carboxylic acids is 1. The van der Waals surface area contributed by atoms with Crippen molar-refractivity contribution in [1.29, 1.82) is 0 Å². The molecule has 0 aliphatic rings. The number of carboxylic acid groups (broad SMARTS) is 1. The number of urea groups is 1. The first-order chi connectivity index (χ1) is 7.59. The third-order valence-corrected chi connectivity index (χ3v) is 1.96. The summed E-state index contributed by atoms with van der Waals surface area (Å²) in [6, 6.07) is -0.489. The van der Waals surface area contributed by atoms with Gasteiger partial charge in [-0.25, -0.2) is 9.78 Å². The van der Waals surface area contributed by atoms with E-state index in [1.165, 1.54) is 0 Å². The van der Waals surface area contributed by atoms with Crippen molar-refractivity contribution in [2.45, 2.75) is 6.42 Å². The zero-order chi connectivity index (χ0) is 12.0. The first kappa shape index (κ1) is 12.0. The third kappa shape index (κ3) is 3.99. The lowest BCUT2D eigenvalue weighted by Crippen LogP contribution is -2.39. The van der Waals surface area contributed by atoms with Crippen LogP contribution in [0.1, 0.15) is 5.82 Å². The lowest BCUT2D eigenvalue weighted by Gasteiger charge is -2.05. The quantitative estimate of drug-likeness (QED) is 0.621. The Kier molecular flexibility index (Phi) is 4.31. The van der Waals surface area contributed by atoms with E-state index in [-0.39, 0.29) is 6.54 Å². The van der Waals surface area contributed by atoms with Gasteiger partial charge in [-0.05, 0) is 0 Å². The average molecular weight is 226 g/mol. The van der Waals surface area contributed by atoms with Crippen LogP contribution in [0.15, 0.2) is 12.4 Å². The molecule has 0 aliphatic heterocycles. The molecule has 1 rings (SSSR count). The molecule has 0 bridgehead atoms. The number of imidazole rings is 1. The van der Waals surface area contributed by atoms with E-state index in [2.05, 4.69) is 15.6 Å². The number of carbonyl (C=O) groups excluding carboxylic acids is 1. The van der Waals surface area contributed by atoms with Crippen molar-refractivity contribution in [2.75, 3.05) is 13.1 Å². The van der Waals surface area contributed by atoms with E-state index in [0.29, 0.717) is 13.0 Å². The fourth-order valence-electron chi connectivity index (χ4n) is 1.14. The average Bonchev–Trinajstić information content (AvgIpc) is 2.61. The lowest BCUT2D eigenvalue weighted by atomic mass is 10.4. The second-order valence-corrected chi connectivity index (χ2v) is 3.21. The van der Waals surface area contributed by atoms with Gasteiger partial charge in [-0.15, -0.1) is 0 Å². The molecule has 1 heterocycles. The first-order valence-electron chi connectivity index (χ1n) is 4.79. The molecule has 88 valence electrons. The number of nitrogens with zero attached hydrogens (tertiary/aromatic N) is 2. The van der Waals surface area contributed by atoms with Crippen molar-refractivity contribution in [3.8, 4) is 0 Å². The van der Waals surface area contributed by atoms with Gasteiger partial charge >= 0.3 is 12.0 Å². The molecule has 1 aromatic heterocycles. The smallest absolute Gasteiger partial charge is 0.323 e. The minimum absolute atomic E-state index is 0.381. The number of aryl methyl sites for hydroxylation is 1. The molecule has 0 spiro atoms. The standard InChI is InChI=1S/C9H14N4O3/c1-13-5-4-10-7(13)2-3-11-9(16)12-6-8(14)15/h4-5H,2-3,6H2,1H3,(H,14,15)(H2,11,12,16). The highest BCUT2D eigenvalue weighted by Gasteiger charge is 2.03. The molecule has 0 aromatic carbocycles. The molecule has 1 aromatic rings. The van der Waals surface area contributed by atoms with Gasteiger partial charge < -0.3 is 20.3 Å². The second-order valence-electron chi connectivity index (χ2n) is 3.21. The minimum Gasteiger partial charge on any atom is -0.480 e. The van der Waals surface area contributed by atoms with E-state index in [9.17, 15) is 9.59 Å². The van der Waals surface area contributed by atoms with Crippen LogP contribution in [-0.2, 0) is 18.3 Å². The van der Waals surface area contributed by atoms with Crippen molar-refractivity contribution in [1.82, 2.24) is 20.2 Å². The van der Waals surface area contributed by atoms with E-state index in [1.54, 1.807) is 6.20 Å². The van der Waals surface area contributed by atoms with Crippen LogP contribution in [0.2, 0.25) is 0 Å². The number of hydrogen-bond acceptors (Lipinski definition) is 3. The van der Waals surface area contributed by atoms with Crippen molar-refractivity contribution in [2.24, 2.45) is 7.05 Å². The van der Waals surface area contributed by atoms with Crippen molar-refractivity contribution in [3.05, 3.63) is 18.2 Å². The summed E-state index contributed by atoms with van der Waals surface area (Å²) >= 11 is 0. The highest BCUT2D eigenvalue weighted by Crippen LogP contribution is 1.93. The Morgan fingerprint density at radius 2 is 2.25 bits per heavy atom. The van der Waals surface area contributed by atoms with Gasteiger partial charge in [-0.3, -0.25) is 4.79 Å². The van der Waals surface area contributed by atoms with Crippen LogP contribution < -0.4 is 10.6 Å². The first-order valence-corrected chi connectivity index (χ1v) is 4.79. The Labute approximate surface area is 92.5 Å². The van der Waals surface area contributed by atoms with Crippen LogP contribution >= 0.6 is 0 Å². The van der Waals surface area contributed by atoms with E-state index < -0.39 is 12.0 Å². The maximum atomic E-state index is 11.0. The zero-order valence-corrected chi connectivity index (χ0v) is 8.93. The van der Waals surface area contributed by atoms with Gasteiger partial charge in [-0.1, -0.05) is 0 Å². The van der Waals surface area contributed by atoms with E-state index in [0.717, 1.165) is 5.82 Å². The number of carbonyl (C=O) groups is 2. The summed E-state index contributed by atoms with van der Waals surface area (Å²) in [5, 5.41) is 13.1. The topological polar surface area (TPSA) is 96.3 Å². The van der Waals surface area contributed by atoms with Crippen LogP contribution in [0.3, 0.4) is 0 Å². The van der Waals surface area contributed by atoms with E-state index >= 15 is 0 Å². The zero-order valence-electron chi connectivity index (χ0n) is 8.93. The summed E-state index contributed by atoms with van der Waals surface area (Å²) in [4.78, 5) is 25.3. The highest BCUT2D eigenvalue weighted by molar-refractivity contribution is 5.79. The van der Waals surface area contributed by atoms with Crippen molar-refractivity contribution in [3.63, 3.8) is 0 Å². The Hall–Kier alpha value is -2.05. The van der Waals surface area contributed by atoms with Crippen molar-refractivity contribution < 1.29 is 14.7 Å². The van der Waals surface area contributed by atoms with Gasteiger partial charge in [0, 0.05) is 32.4 Å². The Morgan fingerprint density at radius 3 is 2.81 bits per heavy atom. The summed E-state index contributed by atoms with van der Waals surface area (Å²) in [5.41, 5.74) is 0. The van der Waals surface area contributed by atoms with Gasteiger partial charge in [0.1, 0.15) is 12.4 Å². The largest absolute Gasteiger partial charge is 0.480 e. The summed E-state index contributed by atoms with van der Waals surface area (Å²) in [6.07, 6.45) is 4.10. The summed E-state index contributed by atoms with van der Waals surface area (Å²) in [5.74, 6) is -0.210. The molecule has 7 nitrogen and oxygen atoms in total. The molecule has 3 N–H and O–H groups in total. The lowest BCUT2D eigenvalue weighted by molar-refractivity contribution is -0.135. The SMILES string of the molecule is Cn1ccnc1CCNC(=O)NCC(=O)O. The predicted molar refractivity (Wildman–Crippen MR) is 55.9 cm³/mol. The molecule has 0 radical (unpaired) electrons. The molecule has 0 atom stereocenters. The number of aromatic nitrogens is 2. The fraction of sp³-hybridized carbons (Fsp3) is 0.444. The molecule has 16 heavy (non-hydrogen) atoms. The number of aliphatic carboxylic acids is 1. The predicted octanol–water partition coefficient (Wildman–Crippen LogP) is -0.654. The fourth-order valence-corrected chi connectivity index (χ4v) is 1.14. The molecule has 0 fully saturated rings. The van der Waals surface area contributed by atoms with Crippen LogP contribution in [0, 0.1) is 0 Å². The van der Waals surface area contributed by atoms with Gasteiger partial charge in [-0.2, -0.15) is 0 Å². The van der Waals surface area contributed by atoms with Crippen LogP contribution in [0.5, 0.6) is 0 Å². The highest BCUT2D eigenvalue weighted by atomic mass is 16.4. The molecular weight excluding hydrogens is 212 g/mol. The minimum atomic E-state index is -1.07. The molecule has 2 amide bonds. The van der Waals surface area contributed by atoms with E-state index in [4.69, 9.17) is 5.11 Å². The number of rotatable bonds is 5. The van der Waals surface area contributed by atoms with Crippen LogP contribution in [0.25, 0.3) is 0 Å². The van der Waals surface area contributed by atoms with Gasteiger partial charge in [0.05, 0.1) is 0 Å². The number of amides is 2. The summed E-state index contributed by atoms with van der Waals surface area (Å²) in [6.45, 7) is 0.0323. The Morgan fingerprint density at radius 1 is 1.50 bits per heavy atom. The third-order valence-electron chi connectivity index (χ3n) is 1.96. The summed E-state index contributed by atoms with van der Waals surface area (Å²) < 4.78 is 1.86. The van der Waals surface area contributed by atoms with Gasteiger partial charge in [0.15, 0.2) is 0 Å². The van der Waals surface area contributed by atoms with E-state index in [1.807, 2.05) is 17.8 Å². The van der Waals surface area contributed by atoms with Crippen LogP contribution in [0.4, 0.5) is 4.79 Å². The van der Waals surface area contributed by atoms with Gasteiger partial charge in [0.25, 0.3) is 0 Å². The normalized spacial score (nSPS) is 9.81. The second kappa shape index (κ2) is 5.74. The molecule has 0 saturated heterocycles. The Bertz CT molecular complexity index is 375. The maximum absolute atomic E-state index is 11.0. The Balaban J connectivity index is 2.18. The molecule has 7 heteroatoms.